The molecular weight excluding hydrogens is 156 g/mol. The maximum Gasteiger partial charge on any atom is 0.260 e. The van der Waals surface area contributed by atoms with Crippen molar-refractivity contribution in [3.05, 3.63) is 5.89 Å². The van der Waals surface area contributed by atoms with E-state index in [4.69, 9.17) is 10.3 Å². The molecule has 1 fully saturated rings. The Morgan fingerprint density at radius 3 is 3.00 bits per heavy atom. The summed E-state index contributed by atoms with van der Waals surface area (Å²) in [6.07, 6.45) is 3.49. The van der Waals surface area contributed by atoms with E-state index in [1.54, 1.807) is 0 Å². The maximum atomic E-state index is 5.34. The summed E-state index contributed by atoms with van der Waals surface area (Å²) in [6.45, 7) is 1.02. The first-order valence-corrected chi connectivity index (χ1v) is 4.19. The molecule has 0 unspecified atom stereocenters. The Bertz CT molecular complexity index is 254. The van der Waals surface area contributed by atoms with Gasteiger partial charge in [-0.05, 0) is 24.5 Å². The molecule has 1 aliphatic heterocycles. The zero-order valence-electron chi connectivity index (χ0n) is 6.79. The van der Waals surface area contributed by atoms with Crippen LogP contribution >= 0.6 is 0 Å². The first-order valence-electron chi connectivity index (χ1n) is 4.19. The van der Waals surface area contributed by atoms with Crippen molar-refractivity contribution in [3.63, 3.8) is 0 Å². The lowest BCUT2D eigenvalue weighted by molar-refractivity contribution is 0.297. The number of nitrogen functional groups attached to an aromatic ring is 1. The molecule has 0 aromatic carbocycles. The molecule has 1 aromatic heterocycles. The van der Waals surface area contributed by atoms with Gasteiger partial charge in [-0.25, -0.2) is 0 Å². The van der Waals surface area contributed by atoms with Gasteiger partial charge in [0.05, 0.1) is 6.04 Å². The summed E-state index contributed by atoms with van der Waals surface area (Å²) in [6, 6.07) is 0.212. The van der Waals surface area contributed by atoms with E-state index in [1.165, 1.54) is 12.8 Å². The number of hydrogen-bond donors (Lipinski definition) is 2. The molecule has 1 saturated heterocycles. The number of anilines is 1. The topological polar surface area (TPSA) is 77.0 Å². The number of piperidine rings is 1. The smallest absolute Gasteiger partial charge is 0.260 e. The van der Waals surface area contributed by atoms with Gasteiger partial charge in [0.1, 0.15) is 0 Å². The molecule has 66 valence electrons. The van der Waals surface area contributed by atoms with Crippen molar-refractivity contribution in [1.29, 1.82) is 0 Å². The number of aromatic nitrogens is 2. The SMILES string of the molecule is Nc1noc([C@H]2CCCCN2)n1. The molecule has 0 saturated carbocycles. The van der Waals surface area contributed by atoms with E-state index < -0.39 is 0 Å². The summed E-state index contributed by atoms with van der Waals surface area (Å²) in [4.78, 5) is 3.97. The summed E-state index contributed by atoms with van der Waals surface area (Å²) < 4.78 is 4.96. The number of nitrogens with one attached hydrogen (secondary N) is 1. The Morgan fingerprint density at radius 1 is 1.50 bits per heavy atom. The van der Waals surface area contributed by atoms with Crippen molar-refractivity contribution >= 4 is 5.95 Å². The van der Waals surface area contributed by atoms with E-state index in [0.717, 1.165) is 13.0 Å². The molecule has 1 aliphatic rings. The molecule has 2 rings (SSSR count). The minimum Gasteiger partial charge on any atom is -0.365 e. The average molecular weight is 168 g/mol. The van der Waals surface area contributed by atoms with E-state index in [-0.39, 0.29) is 12.0 Å². The zero-order valence-corrected chi connectivity index (χ0v) is 6.79. The Labute approximate surface area is 70.3 Å². The molecule has 1 atom stereocenters. The summed E-state index contributed by atoms with van der Waals surface area (Å²) in [5, 5.41) is 6.84. The van der Waals surface area contributed by atoms with Crippen molar-refractivity contribution in [2.75, 3.05) is 12.3 Å². The average Bonchev–Trinajstić information content (AvgIpc) is 2.54. The fourth-order valence-electron chi connectivity index (χ4n) is 1.45. The lowest BCUT2D eigenvalue weighted by Crippen LogP contribution is -2.26. The summed E-state index contributed by atoms with van der Waals surface area (Å²) >= 11 is 0. The molecule has 0 radical (unpaired) electrons. The van der Waals surface area contributed by atoms with Gasteiger partial charge < -0.3 is 15.6 Å². The lowest BCUT2D eigenvalue weighted by atomic mass is 10.1. The van der Waals surface area contributed by atoms with E-state index in [2.05, 4.69) is 15.5 Å². The van der Waals surface area contributed by atoms with E-state index >= 15 is 0 Å². The van der Waals surface area contributed by atoms with Crippen LogP contribution in [-0.2, 0) is 0 Å². The minimum atomic E-state index is 0.212. The van der Waals surface area contributed by atoms with E-state index in [9.17, 15) is 0 Å². The number of rotatable bonds is 1. The van der Waals surface area contributed by atoms with Crippen LogP contribution in [0.4, 0.5) is 5.95 Å². The highest BCUT2D eigenvalue weighted by molar-refractivity contribution is 5.12. The predicted molar refractivity (Wildman–Crippen MR) is 43.3 cm³/mol. The third-order valence-corrected chi connectivity index (χ3v) is 2.07. The monoisotopic (exact) mass is 168 g/mol. The van der Waals surface area contributed by atoms with Crippen LogP contribution in [0.3, 0.4) is 0 Å². The standard InChI is InChI=1S/C7H12N4O/c8-7-10-6(12-11-7)5-3-1-2-4-9-5/h5,9H,1-4H2,(H2,8,11)/t5-/m1/s1. The third kappa shape index (κ3) is 1.40. The van der Waals surface area contributed by atoms with Crippen molar-refractivity contribution in [1.82, 2.24) is 15.5 Å². The molecule has 5 nitrogen and oxygen atoms in total. The Morgan fingerprint density at radius 2 is 2.42 bits per heavy atom. The number of nitrogens with zero attached hydrogens (tertiary/aromatic N) is 2. The summed E-state index contributed by atoms with van der Waals surface area (Å²) in [5.41, 5.74) is 5.34. The Hall–Kier alpha value is -1.10. The van der Waals surface area contributed by atoms with Crippen LogP contribution in [0.15, 0.2) is 4.52 Å². The van der Waals surface area contributed by atoms with Crippen molar-refractivity contribution in [3.8, 4) is 0 Å². The highest BCUT2D eigenvalue weighted by Crippen LogP contribution is 2.21. The second kappa shape index (κ2) is 3.10. The van der Waals surface area contributed by atoms with Crippen LogP contribution in [0.1, 0.15) is 31.2 Å². The van der Waals surface area contributed by atoms with Crippen LogP contribution in [0.25, 0.3) is 0 Å². The minimum absolute atomic E-state index is 0.212. The normalized spacial score (nSPS) is 24.2. The molecule has 1 aromatic rings. The van der Waals surface area contributed by atoms with Gasteiger partial charge in [0.25, 0.3) is 5.95 Å². The van der Waals surface area contributed by atoms with E-state index in [1.807, 2.05) is 0 Å². The van der Waals surface area contributed by atoms with Crippen LogP contribution in [0.5, 0.6) is 0 Å². The fraction of sp³-hybridized carbons (Fsp3) is 0.714. The molecule has 2 heterocycles. The zero-order chi connectivity index (χ0) is 8.39. The van der Waals surface area contributed by atoms with Crippen molar-refractivity contribution in [2.24, 2.45) is 0 Å². The van der Waals surface area contributed by atoms with Gasteiger partial charge in [-0.2, -0.15) is 4.98 Å². The lowest BCUT2D eigenvalue weighted by Gasteiger charge is -2.19. The van der Waals surface area contributed by atoms with Gasteiger partial charge in [-0.1, -0.05) is 6.42 Å². The molecule has 5 heteroatoms. The fourth-order valence-corrected chi connectivity index (χ4v) is 1.45. The van der Waals surface area contributed by atoms with Crippen LogP contribution in [0, 0.1) is 0 Å². The Balaban J connectivity index is 2.08. The van der Waals surface area contributed by atoms with Gasteiger partial charge in [0.2, 0.25) is 5.89 Å². The number of hydrogen-bond acceptors (Lipinski definition) is 5. The molecule has 0 amide bonds. The first-order chi connectivity index (χ1) is 5.86. The third-order valence-electron chi connectivity index (χ3n) is 2.07. The second-order valence-corrected chi connectivity index (χ2v) is 2.99. The molecule has 3 N–H and O–H groups in total. The van der Waals surface area contributed by atoms with Crippen LogP contribution < -0.4 is 11.1 Å². The molecular formula is C7H12N4O. The van der Waals surface area contributed by atoms with E-state index in [0.29, 0.717) is 5.89 Å². The van der Waals surface area contributed by atoms with Gasteiger partial charge in [-0.15, -0.1) is 0 Å². The predicted octanol–water partition coefficient (Wildman–Crippen LogP) is 0.466. The van der Waals surface area contributed by atoms with Gasteiger partial charge in [0.15, 0.2) is 0 Å². The molecule has 0 bridgehead atoms. The number of nitrogens with two attached hydrogens (primary N) is 1. The van der Waals surface area contributed by atoms with Gasteiger partial charge in [0, 0.05) is 0 Å². The van der Waals surface area contributed by atoms with Crippen LogP contribution in [-0.4, -0.2) is 16.7 Å². The highest BCUT2D eigenvalue weighted by Gasteiger charge is 2.19. The highest BCUT2D eigenvalue weighted by atomic mass is 16.5. The molecule has 0 spiro atoms. The summed E-state index contributed by atoms with van der Waals surface area (Å²) in [5.74, 6) is 0.838. The first kappa shape index (κ1) is 7.54. The quantitative estimate of drug-likeness (QED) is 0.637. The molecule has 0 aliphatic carbocycles. The maximum absolute atomic E-state index is 5.34. The summed E-state index contributed by atoms with van der Waals surface area (Å²) in [7, 11) is 0. The van der Waals surface area contributed by atoms with Gasteiger partial charge in [-0.3, -0.25) is 0 Å². The van der Waals surface area contributed by atoms with Crippen LogP contribution in [0.2, 0.25) is 0 Å². The van der Waals surface area contributed by atoms with Gasteiger partial charge >= 0.3 is 0 Å². The Kier molecular flexibility index (Phi) is 1.95. The largest absolute Gasteiger partial charge is 0.365 e. The molecule has 12 heavy (non-hydrogen) atoms. The van der Waals surface area contributed by atoms with Crippen molar-refractivity contribution in [2.45, 2.75) is 25.3 Å². The second-order valence-electron chi connectivity index (χ2n) is 2.99. The van der Waals surface area contributed by atoms with Crippen molar-refractivity contribution < 1.29 is 4.52 Å².